The van der Waals surface area contributed by atoms with Gasteiger partial charge in [-0.2, -0.15) is 0 Å². The summed E-state index contributed by atoms with van der Waals surface area (Å²) in [7, 11) is 1.72. The summed E-state index contributed by atoms with van der Waals surface area (Å²) in [5.74, 6) is 2.62. The van der Waals surface area contributed by atoms with E-state index in [1.165, 1.54) is 31.2 Å². The van der Waals surface area contributed by atoms with Crippen LogP contribution in [0.15, 0.2) is 24.3 Å². The Morgan fingerprint density at radius 2 is 1.85 bits per heavy atom. The molecule has 2 heteroatoms. The molecule has 0 amide bonds. The molecular weight excluding hydrogens is 246 g/mol. The van der Waals surface area contributed by atoms with Crippen LogP contribution in [0.4, 0.5) is 0 Å². The molecule has 1 saturated carbocycles. The highest BCUT2D eigenvalue weighted by Crippen LogP contribution is 2.35. The molecule has 1 aromatic carbocycles. The van der Waals surface area contributed by atoms with E-state index in [0.29, 0.717) is 0 Å². The van der Waals surface area contributed by atoms with Crippen molar-refractivity contribution in [2.75, 3.05) is 13.7 Å². The molecule has 0 bridgehead atoms. The average molecular weight is 275 g/mol. The molecule has 0 saturated heterocycles. The van der Waals surface area contributed by atoms with Crippen LogP contribution in [-0.4, -0.2) is 19.2 Å². The van der Waals surface area contributed by atoms with Crippen molar-refractivity contribution in [1.29, 1.82) is 0 Å². The van der Waals surface area contributed by atoms with Crippen LogP contribution in [0, 0.1) is 11.8 Å². The summed E-state index contributed by atoms with van der Waals surface area (Å²) < 4.78 is 5.23. The Morgan fingerprint density at radius 1 is 1.20 bits per heavy atom. The highest BCUT2D eigenvalue weighted by molar-refractivity contribution is 5.27. The zero-order chi connectivity index (χ0) is 14.6. The first kappa shape index (κ1) is 15.4. The molecule has 1 aliphatic carbocycles. The van der Waals surface area contributed by atoms with Crippen molar-refractivity contribution >= 4 is 0 Å². The minimum Gasteiger partial charge on any atom is -0.497 e. The zero-order valence-corrected chi connectivity index (χ0v) is 13.4. The maximum atomic E-state index is 5.23. The van der Waals surface area contributed by atoms with Crippen molar-refractivity contribution in [3.8, 4) is 5.75 Å². The van der Waals surface area contributed by atoms with Crippen LogP contribution in [0.3, 0.4) is 0 Å². The number of hydrogen-bond acceptors (Lipinski definition) is 2. The lowest BCUT2D eigenvalue weighted by Gasteiger charge is -2.36. The fourth-order valence-electron chi connectivity index (χ4n) is 2.82. The third-order valence-electron chi connectivity index (χ3n) is 4.37. The molecule has 0 aromatic heterocycles. The molecule has 2 nitrogen and oxygen atoms in total. The van der Waals surface area contributed by atoms with Crippen molar-refractivity contribution in [2.45, 2.75) is 52.0 Å². The van der Waals surface area contributed by atoms with Gasteiger partial charge < -0.3 is 10.1 Å². The number of nitrogens with one attached hydrogen (secondary N) is 1. The molecule has 1 aromatic rings. The Morgan fingerprint density at radius 3 is 2.30 bits per heavy atom. The highest BCUT2D eigenvalue weighted by Gasteiger charge is 2.28. The second-order valence-electron chi connectivity index (χ2n) is 7.13. The van der Waals surface area contributed by atoms with Crippen LogP contribution >= 0.6 is 0 Å². The van der Waals surface area contributed by atoms with Gasteiger partial charge in [-0.3, -0.25) is 0 Å². The van der Waals surface area contributed by atoms with Gasteiger partial charge in [0.2, 0.25) is 0 Å². The molecule has 0 aliphatic heterocycles. The highest BCUT2D eigenvalue weighted by atomic mass is 16.5. The van der Waals surface area contributed by atoms with Crippen LogP contribution < -0.4 is 10.1 Å². The lowest BCUT2D eigenvalue weighted by Crippen LogP contribution is -2.42. The van der Waals surface area contributed by atoms with Crippen molar-refractivity contribution in [3.05, 3.63) is 29.8 Å². The molecule has 1 unspecified atom stereocenters. The second kappa shape index (κ2) is 6.62. The topological polar surface area (TPSA) is 21.3 Å². The van der Waals surface area contributed by atoms with Crippen molar-refractivity contribution in [2.24, 2.45) is 11.8 Å². The van der Waals surface area contributed by atoms with Gasteiger partial charge in [0.15, 0.2) is 0 Å². The number of hydrogen-bond donors (Lipinski definition) is 1. The summed E-state index contributed by atoms with van der Waals surface area (Å²) in [6, 6.07) is 8.57. The molecule has 112 valence electrons. The number of rotatable bonds is 6. The second-order valence-corrected chi connectivity index (χ2v) is 7.13. The molecule has 1 N–H and O–H groups in total. The molecular formula is C18H29NO. The predicted octanol–water partition coefficient (Wildman–Crippen LogP) is 4.04. The monoisotopic (exact) mass is 275 g/mol. The van der Waals surface area contributed by atoms with Crippen LogP contribution in [0.5, 0.6) is 5.75 Å². The van der Waals surface area contributed by atoms with E-state index in [9.17, 15) is 0 Å². The van der Waals surface area contributed by atoms with Crippen molar-refractivity contribution < 1.29 is 4.74 Å². The smallest absolute Gasteiger partial charge is 0.118 e. The summed E-state index contributed by atoms with van der Waals surface area (Å²) in [6.45, 7) is 7.87. The molecule has 0 spiro atoms. The standard InChI is InChI=1S/C18H29NO/c1-18(2,3)19-13-16(15-6-5-7-15)12-14-8-10-17(20-4)11-9-14/h8-11,15-16,19H,5-7,12-13H2,1-4H3. The molecule has 0 radical (unpaired) electrons. The maximum Gasteiger partial charge on any atom is 0.118 e. The van der Waals surface area contributed by atoms with Crippen molar-refractivity contribution in [1.82, 2.24) is 5.32 Å². The predicted molar refractivity (Wildman–Crippen MR) is 85.3 cm³/mol. The first-order valence-electron chi connectivity index (χ1n) is 7.86. The lowest BCUT2D eigenvalue weighted by molar-refractivity contribution is 0.189. The molecule has 2 rings (SSSR count). The Kier molecular flexibility index (Phi) is 5.09. The molecule has 1 atom stereocenters. The van der Waals surface area contributed by atoms with Gasteiger partial charge in [0.05, 0.1) is 7.11 Å². The van der Waals surface area contributed by atoms with E-state index < -0.39 is 0 Å². The lowest BCUT2D eigenvalue weighted by atomic mass is 9.73. The van der Waals surface area contributed by atoms with Gasteiger partial charge in [-0.05, 0) is 63.3 Å². The maximum absolute atomic E-state index is 5.23. The normalized spacial score (nSPS) is 17.6. The van der Waals surface area contributed by atoms with Gasteiger partial charge >= 0.3 is 0 Å². The average Bonchev–Trinajstić information content (AvgIpc) is 2.34. The Labute approximate surface area is 123 Å². The number of ether oxygens (including phenoxy) is 1. The van der Waals surface area contributed by atoms with Crippen LogP contribution in [-0.2, 0) is 6.42 Å². The van der Waals surface area contributed by atoms with Gasteiger partial charge in [-0.1, -0.05) is 31.4 Å². The number of methoxy groups -OCH3 is 1. The Balaban J connectivity index is 1.95. The van der Waals surface area contributed by atoms with Crippen LogP contribution in [0.1, 0.15) is 45.6 Å². The van der Waals surface area contributed by atoms with Crippen LogP contribution in [0.25, 0.3) is 0 Å². The van der Waals surface area contributed by atoms with Gasteiger partial charge in [0.25, 0.3) is 0 Å². The fourth-order valence-corrected chi connectivity index (χ4v) is 2.82. The molecule has 20 heavy (non-hydrogen) atoms. The van der Waals surface area contributed by atoms with E-state index in [1.54, 1.807) is 7.11 Å². The van der Waals surface area contributed by atoms with E-state index >= 15 is 0 Å². The Bertz CT molecular complexity index is 400. The summed E-state index contributed by atoms with van der Waals surface area (Å²) in [4.78, 5) is 0. The van der Waals surface area contributed by atoms with Crippen molar-refractivity contribution in [3.63, 3.8) is 0 Å². The van der Waals surface area contributed by atoms with E-state index in [2.05, 4.69) is 50.4 Å². The summed E-state index contributed by atoms with van der Waals surface area (Å²) in [5.41, 5.74) is 1.64. The van der Waals surface area contributed by atoms with Crippen LogP contribution in [0.2, 0.25) is 0 Å². The quantitative estimate of drug-likeness (QED) is 0.846. The molecule has 1 aliphatic rings. The summed E-state index contributed by atoms with van der Waals surface area (Å²) in [6.07, 6.45) is 5.41. The first-order chi connectivity index (χ1) is 9.48. The van der Waals surface area contributed by atoms with E-state index in [1.807, 2.05) is 0 Å². The minimum atomic E-state index is 0.210. The van der Waals surface area contributed by atoms with Gasteiger partial charge in [-0.25, -0.2) is 0 Å². The Hall–Kier alpha value is -1.02. The molecule has 0 heterocycles. The largest absolute Gasteiger partial charge is 0.497 e. The fraction of sp³-hybridized carbons (Fsp3) is 0.667. The minimum absolute atomic E-state index is 0.210. The van der Waals surface area contributed by atoms with E-state index in [-0.39, 0.29) is 5.54 Å². The summed E-state index contributed by atoms with van der Waals surface area (Å²) >= 11 is 0. The van der Waals surface area contributed by atoms with E-state index in [0.717, 1.165) is 24.1 Å². The van der Waals surface area contributed by atoms with Gasteiger partial charge in [0, 0.05) is 5.54 Å². The molecule has 1 fully saturated rings. The van der Waals surface area contributed by atoms with Gasteiger partial charge in [0.1, 0.15) is 5.75 Å². The van der Waals surface area contributed by atoms with E-state index in [4.69, 9.17) is 4.74 Å². The zero-order valence-electron chi connectivity index (χ0n) is 13.4. The third-order valence-corrected chi connectivity index (χ3v) is 4.37. The summed E-state index contributed by atoms with van der Waals surface area (Å²) in [5, 5.41) is 3.69. The first-order valence-corrected chi connectivity index (χ1v) is 7.86. The third kappa shape index (κ3) is 4.52. The number of benzene rings is 1. The van der Waals surface area contributed by atoms with Gasteiger partial charge in [-0.15, -0.1) is 0 Å². The SMILES string of the molecule is COc1ccc(CC(CNC(C)(C)C)C2CCC2)cc1.